The minimum Gasteiger partial charge on any atom is -0.457 e. The Hall–Kier alpha value is -4.57. The summed E-state index contributed by atoms with van der Waals surface area (Å²) in [6.45, 7) is 6.82. The van der Waals surface area contributed by atoms with Crippen molar-refractivity contribution >= 4 is 11.6 Å². The molecule has 1 N–H and O–H groups in total. The summed E-state index contributed by atoms with van der Waals surface area (Å²) in [7, 11) is 0. The van der Waals surface area contributed by atoms with Crippen molar-refractivity contribution in [1.29, 1.82) is 0 Å². The van der Waals surface area contributed by atoms with E-state index in [0.29, 0.717) is 23.7 Å². The van der Waals surface area contributed by atoms with Crippen molar-refractivity contribution < 1.29 is 9.53 Å². The molecule has 1 amide bonds. The number of aromatic nitrogens is 1. The molecule has 0 aliphatic rings. The fourth-order valence-corrected chi connectivity index (χ4v) is 4.46. The molecular weight excluding hydrogens is 456 g/mol. The molecule has 0 atom stereocenters. The summed E-state index contributed by atoms with van der Waals surface area (Å²) in [5, 5.41) is 3.10. The molecule has 0 saturated carbocycles. The van der Waals surface area contributed by atoms with Crippen LogP contribution in [0.4, 0.5) is 5.69 Å². The number of aryl methyl sites for hydroxylation is 3. The van der Waals surface area contributed by atoms with E-state index in [-0.39, 0.29) is 5.91 Å². The van der Waals surface area contributed by atoms with E-state index in [1.54, 1.807) is 0 Å². The first-order valence-corrected chi connectivity index (χ1v) is 12.4. The van der Waals surface area contributed by atoms with Gasteiger partial charge in [-0.25, -0.2) is 0 Å². The number of para-hydroxylation sites is 1. The number of carbonyl (C=O) groups excluding carboxylic acids is 1. The van der Waals surface area contributed by atoms with Gasteiger partial charge in [-0.05, 0) is 73.9 Å². The number of hydrogen-bond acceptors (Lipinski definition) is 2. The largest absolute Gasteiger partial charge is 0.457 e. The predicted octanol–water partition coefficient (Wildman–Crippen LogP) is 8.17. The summed E-state index contributed by atoms with van der Waals surface area (Å²) >= 11 is 0. The molecule has 0 aliphatic heterocycles. The molecule has 4 nitrogen and oxygen atoms in total. The topological polar surface area (TPSA) is 43.3 Å². The van der Waals surface area contributed by atoms with Crippen LogP contribution in [0.1, 0.15) is 32.7 Å². The summed E-state index contributed by atoms with van der Waals surface area (Å²) < 4.78 is 7.94. The molecule has 37 heavy (non-hydrogen) atoms. The van der Waals surface area contributed by atoms with Crippen LogP contribution in [0.3, 0.4) is 0 Å². The Kier molecular flexibility index (Phi) is 6.91. The second-order valence-electron chi connectivity index (χ2n) is 9.41. The summed E-state index contributed by atoms with van der Waals surface area (Å²) in [5.74, 6) is 1.34. The highest BCUT2D eigenvalue weighted by Crippen LogP contribution is 2.31. The Bertz CT molecular complexity index is 1500. The molecule has 1 aromatic heterocycles. The lowest BCUT2D eigenvalue weighted by atomic mass is 10.0. The van der Waals surface area contributed by atoms with E-state index in [1.165, 1.54) is 11.1 Å². The van der Waals surface area contributed by atoms with Crippen LogP contribution in [-0.4, -0.2) is 10.5 Å². The number of ether oxygens (including phenoxy) is 1. The van der Waals surface area contributed by atoms with Gasteiger partial charge in [0.25, 0.3) is 5.91 Å². The summed E-state index contributed by atoms with van der Waals surface area (Å²) in [4.78, 5) is 13.8. The van der Waals surface area contributed by atoms with Crippen LogP contribution < -0.4 is 10.1 Å². The van der Waals surface area contributed by atoms with Crippen molar-refractivity contribution in [3.63, 3.8) is 0 Å². The van der Waals surface area contributed by atoms with E-state index >= 15 is 0 Å². The number of amides is 1. The Balaban J connectivity index is 1.45. The van der Waals surface area contributed by atoms with Crippen LogP contribution in [0.25, 0.3) is 11.1 Å². The second kappa shape index (κ2) is 10.6. The van der Waals surface area contributed by atoms with Crippen molar-refractivity contribution in [3.8, 4) is 22.6 Å². The number of rotatable bonds is 7. The number of benzene rings is 4. The van der Waals surface area contributed by atoms with Crippen molar-refractivity contribution in [2.75, 3.05) is 5.32 Å². The highest BCUT2D eigenvalue weighted by molar-refractivity contribution is 6.08. The van der Waals surface area contributed by atoms with E-state index in [9.17, 15) is 4.79 Å². The lowest BCUT2D eigenvalue weighted by Gasteiger charge is -2.14. The number of nitrogens with zero attached hydrogens (tertiary/aromatic N) is 1. The average Bonchev–Trinajstić information content (AvgIpc) is 3.23. The molecule has 4 aromatic carbocycles. The highest BCUT2D eigenvalue weighted by atomic mass is 16.5. The molecule has 1 heterocycles. The maximum Gasteiger partial charge on any atom is 0.272 e. The molecule has 5 rings (SSSR count). The standard InChI is InChI=1S/C33H30N2O2/c1-23-9-13-26(14-10-23)22-35-21-25(3)31(27-15-11-24(2)12-16-27)32(35)33(36)34-28-17-19-30(20-18-28)37-29-7-5-4-6-8-29/h4-21H,22H2,1-3H3,(H,34,36). The first-order chi connectivity index (χ1) is 18.0. The van der Waals surface area contributed by atoms with Gasteiger partial charge in [0, 0.05) is 24.0 Å². The third kappa shape index (κ3) is 5.65. The van der Waals surface area contributed by atoms with E-state index in [4.69, 9.17) is 4.74 Å². The van der Waals surface area contributed by atoms with Gasteiger partial charge in [-0.2, -0.15) is 0 Å². The van der Waals surface area contributed by atoms with Gasteiger partial charge >= 0.3 is 0 Å². The molecule has 0 radical (unpaired) electrons. The predicted molar refractivity (Wildman–Crippen MR) is 151 cm³/mol. The van der Waals surface area contributed by atoms with Crippen LogP contribution >= 0.6 is 0 Å². The van der Waals surface area contributed by atoms with Crippen molar-refractivity contribution in [2.24, 2.45) is 0 Å². The maximum atomic E-state index is 13.8. The summed E-state index contributed by atoms with van der Waals surface area (Å²) in [6, 6.07) is 33.9. The zero-order chi connectivity index (χ0) is 25.8. The zero-order valence-electron chi connectivity index (χ0n) is 21.4. The fourth-order valence-electron chi connectivity index (χ4n) is 4.46. The third-order valence-electron chi connectivity index (χ3n) is 6.39. The Morgan fingerprint density at radius 2 is 1.32 bits per heavy atom. The van der Waals surface area contributed by atoms with Crippen LogP contribution in [-0.2, 0) is 6.54 Å². The second-order valence-corrected chi connectivity index (χ2v) is 9.41. The van der Waals surface area contributed by atoms with Crippen molar-refractivity contribution in [3.05, 3.63) is 137 Å². The van der Waals surface area contributed by atoms with Crippen LogP contribution in [0.15, 0.2) is 109 Å². The summed E-state index contributed by atoms with van der Waals surface area (Å²) in [5.41, 5.74) is 7.94. The fraction of sp³-hybridized carbons (Fsp3) is 0.121. The molecule has 0 fully saturated rings. The van der Waals surface area contributed by atoms with Gasteiger partial charge in [-0.15, -0.1) is 0 Å². The van der Waals surface area contributed by atoms with E-state index in [2.05, 4.69) is 85.4 Å². The SMILES string of the molecule is Cc1ccc(Cn2cc(C)c(-c3ccc(C)cc3)c2C(=O)Nc2ccc(Oc3ccccc3)cc2)cc1. The number of anilines is 1. The molecule has 0 bridgehead atoms. The van der Waals surface area contributed by atoms with Gasteiger partial charge < -0.3 is 14.6 Å². The Morgan fingerprint density at radius 3 is 1.97 bits per heavy atom. The Labute approximate surface area is 218 Å². The number of nitrogens with one attached hydrogen (secondary N) is 1. The van der Waals surface area contributed by atoms with Gasteiger partial charge in [0.15, 0.2) is 0 Å². The minimum atomic E-state index is -0.146. The van der Waals surface area contributed by atoms with E-state index in [0.717, 1.165) is 28.0 Å². The van der Waals surface area contributed by atoms with Gasteiger partial charge in [0.2, 0.25) is 0 Å². The molecule has 0 saturated heterocycles. The van der Waals surface area contributed by atoms with Gasteiger partial charge in [0.05, 0.1) is 0 Å². The normalized spacial score (nSPS) is 10.8. The molecule has 0 spiro atoms. The monoisotopic (exact) mass is 486 g/mol. The quantitative estimate of drug-likeness (QED) is 0.252. The van der Waals surface area contributed by atoms with Gasteiger partial charge in [-0.1, -0.05) is 77.9 Å². The number of carbonyl (C=O) groups is 1. The van der Waals surface area contributed by atoms with E-state index < -0.39 is 0 Å². The zero-order valence-corrected chi connectivity index (χ0v) is 21.4. The van der Waals surface area contributed by atoms with Crippen LogP contribution in [0.2, 0.25) is 0 Å². The van der Waals surface area contributed by atoms with Crippen LogP contribution in [0, 0.1) is 20.8 Å². The van der Waals surface area contributed by atoms with Gasteiger partial charge in [0.1, 0.15) is 17.2 Å². The van der Waals surface area contributed by atoms with E-state index in [1.807, 2.05) is 54.6 Å². The van der Waals surface area contributed by atoms with Crippen molar-refractivity contribution in [1.82, 2.24) is 4.57 Å². The molecular formula is C33H30N2O2. The molecule has 4 heteroatoms. The maximum absolute atomic E-state index is 13.8. The molecule has 0 unspecified atom stereocenters. The lowest BCUT2D eigenvalue weighted by Crippen LogP contribution is -2.18. The molecule has 184 valence electrons. The first-order valence-electron chi connectivity index (χ1n) is 12.4. The lowest BCUT2D eigenvalue weighted by molar-refractivity contribution is 0.101. The smallest absolute Gasteiger partial charge is 0.272 e. The minimum absolute atomic E-state index is 0.146. The molecule has 0 aliphatic carbocycles. The third-order valence-corrected chi connectivity index (χ3v) is 6.39. The van der Waals surface area contributed by atoms with Crippen LogP contribution in [0.5, 0.6) is 11.5 Å². The highest BCUT2D eigenvalue weighted by Gasteiger charge is 2.22. The first kappa shape index (κ1) is 24.1. The number of hydrogen-bond donors (Lipinski definition) is 1. The Morgan fingerprint density at radius 1 is 0.730 bits per heavy atom. The van der Waals surface area contributed by atoms with Crippen molar-refractivity contribution in [2.45, 2.75) is 27.3 Å². The average molecular weight is 487 g/mol. The van der Waals surface area contributed by atoms with Gasteiger partial charge in [-0.3, -0.25) is 4.79 Å². The summed E-state index contributed by atoms with van der Waals surface area (Å²) in [6.07, 6.45) is 2.07. The molecule has 5 aromatic rings.